The highest BCUT2D eigenvalue weighted by molar-refractivity contribution is 7.89. The van der Waals surface area contributed by atoms with Crippen LogP contribution in [0, 0.1) is 0 Å². The van der Waals surface area contributed by atoms with Crippen LogP contribution in [0.2, 0.25) is 0 Å². The zero-order valence-electron chi connectivity index (χ0n) is 14.4. The van der Waals surface area contributed by atoms with Gasteiger partial charge in [0.05, 0.1) is 11.5 Å². The van der Waals surface area contributed by atoms with Gasteiger partial charge in [0.25, 0.3) is 0 Å². The van der Waals surface area contributed by atoms with Crippen molar-refractivity contribution in [3.05, 3.63) is 65.2 Å². The van der Waals surface area contributed by atoms with E-state index in [1.54, 1.807) is 18.2 Å². The summed E-state index contributed by atoms with van der Waals surface area (Å²) in [7, 11) is -3.65. The van der Waals surface area contributed by atoms with Crippen molar-refractivity contribution in [1.29, 1.82) is 0 Å². The number of hydrogen-bond donors (Lipinski definition) is 1. The van der Waals surface area contributed by atoms with Crippen molar-refractivity contribution in [1.82, 2.24) is 4.31 Å². The maximum atomic E-state index is 13.3. The van der Waals surface area contributed by atoms with E-state index in [2.05, 4.69) is 0 Å². The summed E-state index contributed by atoms with van der Waals surface area (Å²) < 4.78 is 28.1. The molecule has 2 aromatic rings. The van der Waals surface area contributed by atoms with E-state index in [0.717, 1.165) is 11.1 Å². The molecule has 2 aromatic carbocycles. The van der Waals surface area contributed by atoms with E-state index < -0.39 is 10.0 Å². The number of rotatable bonds is 7. The van der Waals surface area contributed by atoms with E-state index in [1.165, 1.54) is 4.31 Å². The minimum Gasteiger partial charge on any atom is -0.392 e. The van der Waals surface area contributed by atoms with Crippen molar-refractivity contribution < 1.29 is 13.5 Å². The first kappa shape index (κ1) is 18.6. The van der Waals surface area contributed by atoms with Crippen LogP contribution in [0.3, 0.4) is 0 Å². The summed E-state index contributed by atoms with van der Waals surface area (Å²) >= 11 is 0. The van der Waals surface area contributed by atoms with Crippen LogP contribution in [0.15, 0.2) is 53.4 Å². The normalized spacial score (nSPS) is 12.1. The molecule has 0 saturated carbocycles. The molecule has 0 spiro atoms. The van der Waals surface area contributed by atoms with Crippen molar-refractivity contribution in [3.8, 4) is 0 Å². The van der Waals surface area contributed by atoms with Crippen molar-refractivity contribution in [2.75, 3.05) is 0 Å². The molecule has 130 valence electrons. The number of nitrogens with zero attached hydrogens (tertiary/aromatic N) is 1. The predicted molar refractivity (Wildman–Crippen MR) is 96.0 cm³/mol. The number of sulfonamides is 1. The predicted octanol–water partition coefficient (Wildman–Crippen LogP) is 3.34. The average Bonchev–Trinajstić information content (AvgIpc) is 2.59. The zero-order chi connectivity index (χ0) is 17.7. The first-order valence-corrected chi connectivity index (χ1v) is 9.62. The van der Waals surface area contributed by atoms with Crippen molar-refractivity contribution in [2.24, 2.45) is 0 Å². The van der Waals surface area contributed by atoms with Gasteiger partial charge in [-0.15, -0.1) is 0 Å². The minimum atomic E-state index is -3.65. The summed E-state index contributed by atoms with van der Waals surface area (Å²) in [4.78, 5) is 0.293. The molecule has 0 bridgehead atoms. The Labute approximate surface area is 144 Å². The molecule has 1 N–H and O–H groups in total. The molecule has 0 aliphatic carbocycles. The van der Waals surface area contributed by atoms with Gasteiger partial charge in [-0.05, 0) is 43.0 Å². The number of benzene rings is 2. The molecule has 0 aliphatic rings. The summed E-state index contributed by atoms with van der Waals surface area (Å²) in [5.41, 5.74) is 2.33. The summed E-state index contributed by atoms with van der Waals surface area (Å²) in [6.45, 7) is 5.84. The minimum absolute atomic E-state index is 0.169. The van der Waals surface area contributed by atoms with Crippen molar-refractivity contribution >= 4 is 10.0 Å². The van der Waals surface area contributed by atoms with E-state index >= 15 is 0 Å². The van der Waals surface area contributed by atoms with Crippen molar-refractivity contribution in [3.63, 3.8) is 0 Å². The fourth-order valence-electron chi connectivity index (χ4n) is 2.66. The molecule has 0 fully saturated rings. The summed E-state index contributed by atoms with van der Waals surface area (Å²) in [5, 5.41) is 9.37. The lowest BCUT2D eigenvalue weighted by Crippen LogP contribution is -2.36. The smallest absolute Gasteiger partial charge is 0.243 e. The van der Waals surface area contributed by atoms with Gasteiger partial charge < -0.3 is 5.11 Å². The lowest BCUT2D eigenvalue weighted by atomic mass is 10.1. The third kappa shape index (κ3) is 4.04. The maximum absolute atomic E-state index is 13.3. The van der Waals surface area contributed by atoms with Crippen LogP contribution < -0.4 is 0 Å². The van der Waals surface area contributed by atoms with Crippen LogP contribution in [0.4, 0.5) is 0 Å². The molecule has 0 aliphatic heterocycles. The summed E-state index contributed by atoms with van der Waals surface area (Å²) in [5.74, 6) is 0. The van der Waals surface area contributed by atoms with E-state index in [4.69, 9.17) is 0 Å². The molecular weight excluding hydrogens is 322 g/mol. The lowest BCUT2D eigenvalue weighted by Gasteiger charge is -2.27. The Morgan fingerprint density at radius 2 is 1.71 bits per heavy atom. The maximum Gasteiger partial charge on any atom is 0.243 e. The largest absolute Gasteiger partial charge is 0.392 e. The topological polar surface area (TPSA) is 57.6 Å². The number of aryl methyl sites for hydroxylation is 1. The second-order valence-electron chi connectivity index (χ2n) is 6.08. The number of hydrogen-bond acceptors (Lipinski definition) is 3. The Morgan fingerprint density at radius 1 is 1.04 bits per heavy atom. The third-order valence-electron chi connectivity index (χ3n) is 4.04. The molecule has 2 rings (SSSR count). The van der Waals surface area contributed by atoms with Crippen molar-refractivity contribution in [2.45, 2.75) is 51.3 Å². The van der Waals surface area contributed by atoms with Gasteiger partial charge in [-0.1, -0.05) is 49.4 Å². The van der Waals surface area contributed by atoms with Gasteiger partial charge in [0.1, 0.15) is 0 Å². The molecule has 0 aromatic heterocycles. The second kappa shape index (κ2) is 7.92. The van der Waals surface area contributed by atoms with Crippen LogP contribution in [0.25, 0.3) is 0 Å². The first-order valence-electron chi connectivity index (χ1n) is 8.18. The Balaban J connectivity index is 2.49. The zero-order valence-corrected chi connectivity index (χ0v) is 15.3. The lowest BCUT2D eigenvalue weighted by molar-refractivity contribution is 0.281. The molecule has 0 amide bonds. The Hall–Kier alpha value is -1.69. The summed E-state index contributed by atoms with van der Waals surface area (Å²) in [6, 6.07) is 14.6. The molecular formula is C19H25NO3S. The van der Waals surface area contributed by atoms with Gasteiger partial charge in [-0.3, -0.25) is 0 Å². The first-order chi connectivity index (χ1) is 11.4. The van der Waals surface area contributed by atoms with Gasteiger partial charge in [0.2, 0.25) is 10.0 Å². The molecule has 0 heterocycles. The standard InChI is InChI=1S/C19H25NO3S/c1-4-18-11-10-17(14-21)12-19(18)24(22,23)20(15(2)3)13-16-8-6-5-7-9-16/h5-12,15,21H,4,13-14H2,1-3H3. The highest BCUT2D eigenvalue weighted by Gasteiger charge is 2.29. The average molecular weight is 347 g/mol. The fourth-order valence-corrected chi connectivity index (χ4v) is 4.64. The van der Waals surface area contributed by atoms with Crippen LogP contribution in [-0.2, 0) is 29.6 Å². The van der Waals surface area contributed by atoms with E-state index in [0.29, 0.717) is 23.4 Å². The SMILES string of the molecule is CCc1ccc(CO)cc1S(=O)(=O)N(Cc1ccccc1)C(C)C. The van der Waals surface area contributed by atoms with Gasteiger partial charge in [-0.25, -0.2) is 8.42 Å². The molecule has 0 unspecified atom stereocenters. The third-order valence-corrected chi connectivity index (χ3v) is 6.14. The highest BCUT2D eigenvalue weighted by atomic mass is 32.2. The summed E-state index contributed by atoms with van der Waals surface area (Å²) in [6.07, 6.45) is 0.623. The van der Waals surface area contributed by atoms with Crippen LogP contribution in [-0.4, -0.2) is 23.9 Å². The molecule has 0 atom stereocenters. The van der Waals surface area contributed by atoms with Gasteiger partial charge in [0, 0.05) is 12.6 Å². The highest BCUT2D eigenvalue weighted by Crippen LogP contribution is 2.26. The van der Waals surface area contributed by atoms with E-state index in [-0.39, 0.29) is 12.6 Å². The Bertz CT molecular complexity index is 770. The quantitative estimate of drug-likeness (QED) is 0.836. The fraction of sp³-hybridized carbons (Fsp3) is 0.368. The Morgan fingerprint density at radius 3 is 2.25 bits per heavy atom. The van der Waals surface area contributed by atoms with Crippen LogP contribution >= 0.6 is 0 Å². The molecule has 0 radical (unpaired) electrons. The van der Waals surface area contributed by atoms with Crippen LogP contribution in [0.5, 0.6) is 0 Å². The molecule has 0 saturated heterocycles. The molecule has 4 nitrogen and oxygen atoms in total. The Kier molecular flexibility index (Phi) is 6.15. The van der Waals surface area contributed by atoms with Gasteiger partial charge in [-0.2, -0.15) is 4.31 Å². The number of aliphatic hydroxyl groups excluding tert-OH is 1. The van der Waals surface area contributed by atoms with Crippen LogP contribution in [0.1, 0.15) is 37.5 Å². The van der Waals surface area contributed by atoms with Gasteiger partial charge in [0.15, 0.2) is 0 Å². The monoisotopic (exact) mass is 347 g/mol. The van der Waals surface area contributed by atoms with Gasteiger partial charge >= 0.3 is 0 Å². The second-order valence-corrected chi connectivity index (χ2v) is 7.94. The molecule has 5 heteroatoms. The van der Waals surface area contributed by atoms with E-state index in [9.17, 15) is 13.5 Å². The molecule has 24 heavy (non-hydrogen) atoms. The number of aliphatic hydroxyl groups is 1. The van der Waals surface area contributed by atoms with E-state index in [1.807, 2.05) is 51.1 Å².